The van der Waals surface area contributed by atoms with Gasteiger partial charge in [0.1, 0.15) is 12.0 Å². The molecule has 0 fully saturated rings. The van der Waals surface area contributed by atoms with Gasteiger partial charge in [0.25, 0.3) is 6.01 Å². The van der Waals surface area contributed by atoms with Gasteiger partial charge in [-0.05, 0) is 37.9 Å². The van der Waals surface area contributed by atoms with Crippen LogP contribution in [0.2, 0.25) is 0 Å². The van der Waals surface area contributed by atoms with Crippen LogP contribution in [0.3, 0.4) is 0 Å². The summed E-state index contributed by atoms with van der Waals surface area (Å²) >= 11 is 6.72. The molecule has 0 atom stereocenters. The molecule has 19 heavy (non-hydrogen) atoms. The maximum Gasteiger partial charge on any atom is 0.357 e. The number of oxazole rings is 1. The van der Waals surface area contributed by atoms with Crippen LogP contribution in [0.25, 0.3) is 0 Å². The number of halogens is 2. The van der Waals surface area contributed by atoms with Crippen molar-refractivity contribution in [1.29, 1.82) is 0 Å². The molecule has 1 heterocycles. The Balaban J connectivity index is 2.29. The molecule has 2 N–H and O–H groups in total. The minimum Gasteiger partial charge on any atom is -0.495 e. The number of hydrogen-bond acceptors (Lipinski definition) is 5. The Morgan fingerprint density at radius 2 is 2.16 bits per heavy atom. The Labute approximate surface area is 125 Å². The van der Waals surface area contributed by atoms with Crippen molar-refractivity contribution >= 4 is 49.5 Å². The van der Waals surface area contributed by atoms with E-state index in [-0.39, 0.29) is 11.7 Å². The van der Waals surface area contributed by atoms with E-state index in [1.54, 1.807) is 19.2 Å². The number of nitrogens with one attached hydrogen (secondary N) is 1. The predicted molar refractivity (Wildman–Crippen MR) is 75.1 cm³/mol. The lowest BCUT2D eigenvalue weighted by Gasteiger charge is -2.09. The molecule has 0 radical (unpaired) electrons. The number of benzene rings is 1. The molecule has 0 spiro atoms. The Morgan fingerprint density at radius 1 is 1.42 bits per heavy atom. The number of hydrogen-bond donors (Lipinski definition) is 2. The number of nitrogens with zero attached hydrogens (tertiary/aromatic N) is 1. The van der Waals surface area contributed by atoms with Crippen LogP contribution in [0.5, 0.6) is 5.75 Å². The lowest BCUT2D eigenvalue weighted by molar-refractivity contribution is 0.0690. The number of methoxy groups -OCH3 is 1. The van der Waals surface area contributed by atoms with Gasteiger partial charge in [-0.3, -0.25) is 0 Å². The molecule has 100 valence electrons. The van der Waals surface area contributed by atoms with Crippen molar-refractivity contribution in [1.82, 2.24) is 4.98 Å². The van der Waals surface area contributed by atoms with Crippen LogP contribution >= 0.6 is 31.9 Å². The van der Waals surface area contributed by atoms with Gasteiger partial charge in [0.2, 0.25) is 0 Å². The van der Waals surface area contributed by atoms with Crippen LogP contribution in [0.1, 0.15) is 10.5 Å². The van der Waals surface area contributed by atoms with Crippen LogP contribution in [-0.4, -0.2) is 23.2 Å². The summed E-state index contributed by atoms with van der Waals surface area (Å²) < 4.78 is 11.7. The number of carboxylic acids is 1. The number of anilines is 2. The zero-order valence-electron chi connectivity index (χ0n) is 9.61. The molecule has 0 amide bonds. The minimum atomic E-state index is -1.15. The highest BCUT2D eigenvalue weighted by atomic mass is 79.9. The first-order valence-corrected chi connectivity index (χ1v) is 6.58. The smallest absolute Gasteiger partial charge is 0.357 e. The van der Waals surface area contributed by atoms with E-state index in [2.05, 4.69) is 42.2 Å². The molecule has 0 aliphatic rings. The molecule has 1 aromatic carbocycles. The van der Waals surface area contributed by atoms with Gasteiger partial charge in [-0.25, -0.2) is 4.79 Å². The fourth-order valence-electron chi connectivity index (χ4n) is 1.33. The summed E-state index contributed by atoms with van der Waals surface area (Å²) in [6.45, 7) is 0. The summed E-state index contributed by atoms with van der Waals surface area (Å²) in [6.07, 6.45) is 1.06. The average molecular weight is 392 g/mol. The van der Waals surface area contributed by atoms with Crippen molar-refractivity contribution in [3.05, 3.63) is 33.0 Å². The molecular weight excluding hydrogens is 384 g/mol. The fourth-order valence-corrected chi connectivity index (χ4v) is 2.58. The third-order valence-corrected chi connectivity index (χ3v) is 3.48. The lowest BCUT2D eigenvalue weighted by Crippen LogP contribution is -1.98. The Hall–Kier alpha value is -1.54. The highest BCUT2D eigenvalue weighted by molar-refractivity contribution is 9.11. The van der Waals surface area contributed by atoms with Crippen LogP contribution < -0.4 is 10.1 Å². The molecule has 0 unspecified atom stereocenters. The van der Waals surface area contributed by atoms with Gasteiger partial charge in [-0.2, -0.15) is 4.98 Å². The second kappa shape index (κ2) is 5.62. The van der Waals surface area contributed by atoms with Gasteiger partial charge >= 0.3 is 5.97 Å². The normalized spacial score (nSPS) is 10.3. The fraction of sp³-hybridized carbons (Fsp3) is 0.0909. The number of carboxylic acid groups (broad SMARTS) is 1. The van der Waals surface area contributed by atoms with E-state index in [4.69, 9.17) is 14.3 Å². The van der Waals surface area contributed by atoms with Gasteiger partial charge in [0, 0.05) is 10.5 Å². The van der Waals surface area contributed by atoms with Crippen molar-refractivity contribution < 1.29 is 19.1 Å². The van der Waals surface area contributed by atoms with E-state index in [0.717, 1.165) is 15.2 Å². The Bertz CT molecular complexity index is 627. The summed E-state index contributed by atoms with van der Waals surface area (Å²) in [5.41, 5.74) is 0.474. The summed E-state index contributed by atoms with van der Waals surface area (Å²) in [5, 5.41) is 11.6. The van der Waals surface area contributed by atoms with Gasteiger partial charge in [0.05, 0.1) is 17.3 Å². The van der Waals surface area contributed by atoms with E-state index in [1.165, 1.54) is 0 Å². The maximum absolute atomic E-state index is 10.7. The minimum absolute atomic E-state index is 0.0856. The van der Waals surface area contributed by atoms with E-state index in [0.29, 0.717) is 11.4 Å². The molecular formula is C11H8Br2N2O4. The summed E-state index contributed by atoms with van der Waals surface area (Å²) in [4.78, 5) is 14.5. The summed E-state index contributed by atoms with van der Waals surface area (Å²) in [7, 11) is 1.55. The zero-order chi connectivity index (χ0) is 14.0. The van der Waals surface area contributed by atoms with Crippen molar-refractivity contribution in [2.45, 2.75) is 0 Å². The van der Waals surface area contributed by atoms with E-state index >= 15 is 0 Å². The molecule has 0 saturated carbocycles. The topological polar surface area (TPSA) is 84.6 Å². The highest BCUT2D eigenvalue weighted by Gasteiger charge is 2.13. The van der Waals surface area contributed by atoms with Crippen LogP contribution in [0.4, 0.5) is 11.7 Å². The van der Waals surface area contributed by atoms with Crippen LogP contribution in [-0.2, 0) is 0 Å². The largest absolute Gasteiger partial charge is 0.495 e. The number of ether oxygens (including phenoxy) is 1. The quantitative estimate of drug-likeness (QED) is 0.827. The number of carbonyl (C=O) groups is 1. The van der Waals surface area contributed by atoms with E-state index < -0.39 is 5.97 Å². The van der Waals surface area contributed by atoms with E-state index in [9.17, 15) is 4.79 Å². The molecule has 0 aliphatic heterocycles. The second-order valence-corrected chi connectivity index (χ2v) is 5.14. The molecule has 2 rings (SSSR count). The maximum atomic E-state index is 10.7. The van der Waals surface area contributed by atoms with Crippen LogP contribution in [0.15, 0.2) is 31.8 Å². The molecule has 8 heteroatoms. The first-order valence-electron chi connectivity index (χ1n) is 5.00. The van der Waals surface area contributed by atoms with Crippen molar-refractivity contribution in [2.75, 3.05) is 12.4 Å². The van der Waals surface area contributed by atoms with Crippen molar-refractivity contribution in [2.24, 2.45) is 0 Å². The predicted octanol–water partition coefficient (Wildman–Crippen LogP) is 3.65. The second-order valence-electron chi connectivity index (χ2n) is 3.43. The molecule has 0 bridgehead atoms. The summed E-state index contributed by atoms with van der Waals surface area (Å²) in [6, 6.07) is 3.60. The van der Waals surface area contributed by atoms with Gasteiger partial charge < -0.3 is 19.6 Å². The Kier molecular flexibility index (Phi) is 4.11. The molecule has 2 aromatic rings. The number of aromatic carboxylic acids is 1. The number of rotatable bonds is 4. The number of aromatic nitrogens is 1. The molecule has 0 saturated heterocycles. The van der Waals surface area contributed by atoms with Crippen molar-refractivity contribution in [3.8, 4) is 5.75 Å². The SMILES string of the molecule is COc1cc(Nc2nc(C(=O)O)co2)c(Br)cc1Br. The molecule has 0 aliphatic carbocycles. The van der Waals surface area contributed by atoms with Gasteiger partial charge in [-0.1, -0.05) is 0 Å². The van der Waals surface area contributed by atoms with E-state index in [1.807, 2.05) is 0 Å². The van der Waals surface area contributed by atoms with Crippen molar-refractivity contribution in [3.63, 3.8) is 0 Å². The third kappa shape index (κ3) is 3.07. The zero-order valence-corrected chi connectivity index (χ0v) is 12.8. The molecule has 1 aromatic heterocycles. The van der Waals surface area contributed by atoms with Gasteiger partial charge in [0.15, 0.2) is 5.69 Å². The first kappa shape index (κ1) is 13.9. The lowest BCUT2D eigenvalue weighted by atomic mass is 10.3. The average Bonchev–Trinajstić information content (AvgIpc) is 2.81. The first-order chi connectivity index (χ1) is 9.01. The third-order valence-electron chi connectivity index (χ3n) is 2.21. The van der Waals surface area contributed by atoms with Gasteiger partial charge in [-0.15, -0.1) is 0 Å². The Morgan fingerprint density at radius 3 is 2.74 bits per heavy atom. The van der Waals surface area contributed by atoms with Crippen LogP contribution in [0, 0.1) is 0 Å². The highest BCUT2D eigenvalue weighted by Crippen LogP contribution is 2.35. The standard InChI is InChI=1S/C11H8Br2N2O4/c1-18-9-3-7(5(12)2-6(9)13)14-11-15-8(4-19-11)10(16)17/h2-4H,1H3,(H,14,15)(H,16,17). The molecule has 6 nitrogen and oxygen atoms in total. The monoisotopic (exact) mass is 390 g/mol. The summed E-state index contributed by atoms with van der Waals surface area (Å²) in [5.74, 6) is -0.528.